The van der Waals surface area contributed by atoms with Crippen LogP contribution in [0.15, 0.2) is 109 Å². The first-order valence-electron chi connectivity index (χ1n) is 25.5. The number of unbranched alkanes of at least 4 members (excludes halogenated alkanes) is 21. The van der Waals surface area contributed by atoms with Gasteiger partial charge in [0.1, 0.15) is 13.2 Å². The van der Waals surface area contributed by atoms with Gasteiger partial charge < -0.3 is 14.2 Å². The summed E-state index contributed by atoms with van der Waals surface area (Å²) in [6, 6.07) is 0. The van der Waals surface area contributed by atoms with Crippen molar-refractivity contribution >= 4 is 17.9 Å². The van der Waals surface area contributed by atoms with E-state index in [2.05, 4.69) is 81.5 Å². The Morgan fingerprint density at radius 1 is 0.333 bits per heavy atom. The van der Waals surface area contributed by atoms with Gasteiger partial charge in [-0.1, -0.05) is 220 Å². The molecule has 0 aromatic rings. The van der Waals surface area contributed by atoms with E-state index in [0.29, 0.717) is 19.3 Å². The first kappa shape index (κ1) is 59.1. The Morgan fingerprint density at radius 2 is 0.635 bits per heavy atom. The highest BCUT2D eigenvalue weighted by Crippen LogP contribution is 2.13. The third-order valence-corrected chi connectivity index (χ3v) is 10.4. The van der Waals surface area contributed by atoms with Crippen molar-refractivity contribution < 1.29 is 28.6 Å². The zero-order valence-corrected chi connectivity index (χ0v) is 40.5. The molecular formula is C57H92O6. The first-order valence-corrected chi connectivity index (χ1v) is 25.5. The molecule has 1 atom stereocenters. The molecular weight excluding hydrogens is 781 g/mol. The van der Waals surface area contributed by atoms with Gasteiger partial charge in [0.05, 0.1) is 0 Å². The smallest absolute Gasteiger partial charge is 0.306 e. The van der Waals surface area contributed by atoms with Crippen molar-refractivity contribution in [2.45, 2.75) is 219 Å². The molecule has 0 bridgehead atoms. The summed E-state index contributed by atoms with van der Waals surface area (Å²) in [6.45, 7) is 6.29. The van der Waals surface area contributed by atoms with E-state index < -0.39 is 6.10 Å². The molecule has 0 fully saturated rings. The summed E-state index contributed by atoms with van der Waals surface area (Å²) in [4.78, 5) is 38.0. The lowest BCUT2D eigenvalue weighted by atomic mass is 10.1. The Balaban J connectivity index is 4.50. The van der Waals surface area contributed by atoms with Crippen molar-refractivity contribution in [3.63, 3.8) is 0 Å². The highest BCUT2D eigenvalue weighted by atomic mass is 16.6. The van der Waals surface area contributed by atoms with Gasteiger partial charge in [0.15, 0.2) is 6.10 Å². The van der Waals surface area contributed by atoms with Crippen LogP contribution in [0, 0.1) is 0 Å². The number of esters is 3. The van der Waals surface area contributed by atoms with Crippen molar-refractivity contribution in [1.82, 2.24) is 0 Å². The summed E-state index contributed by atoms with van der Waals surface area (Å²) in [5.41, 5.74) is 0. The molecule has 0 radical (unpaired) electrons. The van der Waals surface area contributed by atoms with Crippen LogP contribution in [0.3, 0.4) is 0 Å². The predicted molar refractivity (Wildman–Crippen MR) is 270 cm³/mol. The second-order valence-electron chi connectivity index (χ2n) is 16.5. The molecule has 0 aliphatic rings. The van der Waals surface area contributed by atoms with Crippen LogP contribution in [-0.2, 0) is 28.6 Å². The van der Waals surface area contributed by atoms with Crippen LogP contribution in [0.25, 0.3) is 0 Å². The Bertz CT molecular complexity index is 1330. The van der Waals surface area contributed by atoms with Gasteiger partial charge in [0, 0.05) is 19.3 Å². The first-order chi connectivity index (χ1) is 31.0. The molecule has 1 unspecified atom stereocenters. The van der Waals surface area contributed by atoms with E-state index in [-0.39, 0.29) is 37.5 Å². The standard InChI is InChI=1S/C57H92O6/c1-4-7-10-13-16-19-22-25-27-28-30-32-35-38-41-44-47-50-56(59)62-53-54(52-61-55(58)49-46-43-40-37-34-31-24-21-18-15-12-9-6-3)63-57(60)51-48-45-42-39-36-33-29-26-23-20-17-14-11-8-5-2/h8-9,11-12,14-15,17-18,20-21,23-27,29,33,36,54H,4-7,10,13,16,19,22,28,30-32,34-35,37-53H2,1-3H3/b11-8+,12-9+,17-14+,18-15+,23-20+,24-21+,27-25+,29-26+,36-33+. The largest absolute Gasteiger partial charge is 0.462 e. The van der Waals surface area contributed by atoms with Crippen LogP contribution in [0.5, 0.6) is 0 Å². The molecule has 0 N–H and O–H groups in total. The fourth-order valence-electron chi connectivity index (χ4n) is 6.63. The average Bonchev–Trinajstić information content (AvgIpc) is 3.28. The summed E-state index contributed by atoms with van der Waals surface area (Å²) in [5.74, 6) is -0.980. The minimum absolute atomic E-state index is 0.107. The van der Waals surface area contributed by atoms with Gasteiger partial charge in [0.2, 0.25) is 0 Å². The lowest BCUT2D eigenvalue weighted by molar-refractivity contribution is -0.167. The molecule has 0 aliphatic carbocycles. The lowest BCUT2D eigenvalue weighted by Gasteiger charge is -2.18. The number of carbonyl (C=O) groups excluding carboxylic acids is 3. The van der Waals surface area contributed by atoms with Gasteiger partial charge in [0.25, 0.3) is 0 Å². The molecule has 0 saturated heterocycles. The van der Waals surface area contributed by atoms with Crippen molar-refractivity contribution in [2.75, 3.05) is 13.2 Å². The summed E-state index contributed by atoms with van der Waals surface area (Å²) < 4.78 is 16.7. The normalized spacial score (nSPS) is 13.0. The van der Waals surface area contributed by atoms with E-state index >= 15 is 0 Å². The second-order valence-corrected chi connectivity index (χ2v) is 16.5. The van der Waals surface area contributed by atoms with Crippen molar-refractivity contribution in [3.8, 4) is 0 Å². The van der Waals surface area contributed by atoms with Gasteiger partial charge in [-0.2, -0.15) is 0 Å². The number of hydrogen-bond donors (Lipinski definition) is 0. The molecule has 6 nitrogen and oxygen atoms in total. The number of allylic oxidation sites excluding steroid dienone is 18. The molecule has 0 saturated carbocycles. The summed E-state index contributed by atoms with van der Waals surface area (Å²) in [7, 11) is 0. The fourth-order valence-corrected chi connectivity index (χ4v) is 6.63. The third-order valence-electron chi connectivity index (χ3n) is 10.4. The summed E-state index contributed by atoms with van der Waals surface area (Å²) >= 11 is 0. The lowest BCUT2D eigenvalue weighted by Crippen LogP contribution is -2.30. The molecule has 0 spiro atoms. The molecule has 0 heterocycles. The molecule has 0 aliphatic heterocycles. The SMILES string of the molecule is CC/C=C/C=C/C=C/C=C/C=C/CCCCCC(=O)OC(COC(=O)CCCCCCC/C=C/C=C/C=C/CC)COC(=O)CCCCCCCCC/C=C/CCCCCCCC. The van der Waals surface area contributed by atoms with Gasteiger partial charge >= 0.3 is 17.9 Å². The van der Waals surface area contributed by atoms with E-state index in [1.54, 1.807) is 0 Å². The zero-order chi connectivity index (χ0) is 45.8. The number of ether oxygens (including phenoxy) is 3. The minimum Gasteiger partial charge on any atom is -0.462 e. The summed E-state index contributed by atoms with van der Waals surface area (Å²) in [5, 5.41) is 0. The van der Waals surface area contributed by atoms with Crippen LogP contribution in [-0.4, -0.2) is 37.2 Å². The third kappa shape index (κ3) is 49.0. The maximum Gasteiger partial charge on any atom is 0.306 e. The number of carbonyl (C=O) groups is 3. The van der Waals surface area contributed by atoms with Crippen molar-refractivity contribution in [1.29, 1.82) is 0 Å². The van der Waals surface area contributed by atoms with Gasteiger partial charge in [-0.25, -0.2) is 0 Å². The molecule has 0 aromatic heterocycles. The Morgan fingerprint density at radius 3 is 1.03 bits per heavy atom. The highest BCUT2D eigenvalue weighted by Gasteiger charge is 2.19. The maximum absolute atomic E-state index is 12.8. The van der Waals surface area contributed by atoms with Crippen LogP contribution < -0.4 is 0 Å². The molecule has 0 aromatic carbocycles. The molecule has 0 rings (SSSR count). The molecule has 356 valence electrons. The van der Waals surface area contributed by atoms with Crippen molar-refractivity contribution in [3.05, 3.63) is 109 Å². The average molecular weight is 873 g/mol. The summed E-state index contributed by atoms with van der Waals surface area (Å²) in [6.07, 6.45) is 67.8. The van der Waals surface area contributed by atoms with Crippen LogP contribution in [0.2, 0.25) is 0 Å². The highest BCUT2D eigenvalue weighted by molar-refractivity contribution is 5.71. The quantitative estimate of drug-likeness (QED) is 0.0199. The van der Waals surface area contributed by atoms with Gasteiger partial charge in [-0.05, 0) is 83.5 Å². The zero-order valence-electron chi connectivity index (χ0n) is 40.5. The van der Waals surface area contributed by atoms with E-state index in [1.165, 1.54) is 77.0 Å². The van der Waals surface area contributed by atoms with E-state index in [4.69, 9.17) is 14.2 Å². The van der Waals surface area contributed by atoms with E-state index in [0.717, 1.165) is 89.9 Å². The predicted octanol–water partition coefficient (Wildman–Crippen LogP) is 16.8. The van der Waals surface area contributed by atoms with Crippen LogP contribution in [0.4, 0.5) is 0 Å². The van der Waals surface area contributed by atoms with E-state index in [9.17, 15) is 14.4 Å². The fraction of sp³-hybridized carbons (Fsp3) is 0.632. The molecule has 63 heavy (non-hydrogen) atoms. The number of hydrogen-bond acceptors (Lipinski definition) is 6. The van der Waals surface area contributed by atoms with Gasteiger partial charge in [-0.3, -0.25) is 14.4 Å². The monoisotopic (exact) mass is 873 g/mol. The van der Waals surface area contributed by atoms with Gasteiger partial charge in [-0.15, -0.1) is 0 Å². The van der Waals surface area contributed by atoms with Crippen LogP contribution >= 0.6 is 0 Å². The maximum atomic E-state index is 12.8. The second kappa shape index (κ2) is 50.7. The Kier molecular flexibility index (Phi) is 47.5. The molecule has 0 amide bonds. The van der Waals surface area contributed by atoms with Crippen molar-refractivity contribution in [2.24, 2.45) is 0 Å². The number of rotatable bonds is 44. The minimum atomic E-state index is -0.812. The van der Waals surface area contributed by atoms with Crippen LogP contribution in [0.1, 0.15) is 213 Å². The van der Waals surface area contributed by atoms with E-state index in [1.807, 2.05) is 48.6 Å². The molecule has 6 heteroatoms. The Labute approximate surface area is 387 Å². The Hall–Kier alpha value is -3.93. The topological polar surface area (TPSA) is 78.9 Å².